The van der Waals surface area contributed by atoms with E-state index in [2.05, 4.69) is 14.7 Å². The van der Waals surface area contributed by atoms with E-state index in [0.717, 1.165) is 0 Å². The van der Waals surface area contributed by atoms with E-state index in [-0.39, 0.29) is 5.75 Å². The van der Waals surface area contributed by atoms with Crippen LogP contribution in [0.4, 0.5) is 15.2 Å². The summed E-state index contributed by atoms with van der Waals surface area (Å²) < 4.78 is 29.1. The van der Waals surface area contributed by atoms with Crippen LogP contribution in [0.25, 0.3) is 0 Å². The lowest BCUT2D eigenvalue weighted by Gasteiger charge is -2.09. The fourth-order valence-electron chi connectivity index (χ4n) is 2.15. The number of anilines is 2. The van der Waals surface area contributed by atoms with Crippen molar-refractivity contribution in [2.45, 2.75) is 6.42 Å². The highest BCUT2D eigenvalue weighted by Gasteiger charge is 2.10. The quantitative estimate of drug-likeness (QED) is 0.669. The number of nitrogens with one attached hydrogen (secondary N) is 1. The summed E-state index contributed by atoms with van der Waals surface area (Å²) in [4.78, 5) is 4.31. The minimum Gasteiger partial charge on any atom is -0.453 e. The summed E-state index contributed by atoms with van der Waals surface area (Å²) in [5.74, 6) is 0.470. The van der Waals surface area contributed by atoms with E-state index < -0.39 is 5.82 Å². The second-order valence-corrected chi connectivity index (χ2v) is 5.99. The van der Waals surface area contributed by atoms with Gasteiger partial charge in [0.05, 0.1) is 12.2 Å². The van der Waals surface area contributed by atoms with Gasteiger partial charge in [-0.05, 0) is 24.3 Å². The molecule has 0 unspecified atom stereocenters. The fraction of sp³-hybridized carbons (Fsp3) is 0.167. The Morgan fingerprint density at radius 2 is 2.08 bits per heavy atom. The molecule has 8 heteroatoms. The van der Waals surface area contributed by atoms with Crippen molar-refractivity contribution in [3.05, 3.63) is 59.7 Å². The number of benzene rings is 2. The molecule has 6 nitrogen and oxygen atoms in total. The molecule has 0 saturated heterocycles. The van der Waals surface area contributed by atoms with Gasteiger partial charge in [0.25, 0.3) is 0 Å². The van der Waals surface area contributed by atoms with Crippen molar-refractivity contribution in [2.24, 2.45) is 0 Å². The van der Waals surface area contributed by atoms with Crippen LogP contribution >= 0.6 is 11.5 Å². The maximum absolute atomic E-state index is 14.3. The molecule has 0 spiro atoms. The van der Waals surface area contributed by atoms with Gasteiger partial charge >= 0.3 is 0 Å². The predicted molar refractivity (Wildman–Crippen MR) is 96.4 cm³/mol. The van der Waals surface area contributed by atoms with Crippen LogP contribution < -0.4 is 10.1 Å². The van der Waals surface area contributed by atoms with Crippen molar-refractivity contribution in [3.8, 4) is 17.6 Å². The molecule has 0 aliphatic carbocycles. The van der Waals surface area contributed by atoms with Gasteiger partial charge in [-0.1, -0.05) is 12.1 Å². The molecule has 0 aliphatic heterocycles. The average molecular weight is 370 g/mol. The maximum Gasteiger partial charge on any atom is 0.207 e. The van der Waals surface area contributed by atoms with Crippen LogP contribution in [-0.4, -0.2) is 23.1 Å². The first-order chi connectivity index (χ1) is 12.7. The van der Waals surface area contributed by atoms with Crippen LogP contribution in [0, 0.1) is 17.1 Å². The van der Waals surface area contributed by atoms with Gasteiger partial charge in [-0.2, -0.15) is 9.64 Å². The summed E-state index contributed by atoms with van der Waals surface area (Å²) in [5.41, 5.74) is 0.865. The molecule has 2 aromatic carbocycles. The van der Waals surface area contributed by atoms with Crippen molar-refractivity contribution < 1.29 is 13.9 Å². The number of rotatable bonds is 7. The molecule has 0 radical (unpaired) electrons. The standard InChI is InChI=1S/C18H15FN4O2S/c1-24-9-8-17-22-18(26-23-17)21-13-6-7-16(14(19)10-13)25-15-5-3-2-4-12(15)11-20/h2-7,10H,8-9H2,1H3,(H,21,22,23). The topological polar surface area (TPSA) is 80.1 Å². The minimum atomic E-state index is -0.549. The summed E-state index contributed by atoms with van der Waals surface area (Å²) in [7, 11) is 1.62. The molecule has 0 atom stereocenters. The Labute approximate surface area is 154 Å². The third-order valence-corrected chi connectivity index (χ3v) is 4.08. The molecule has 3 aromatic rings. The van der Waals surface area contributed by atoms with Gasteiger partial charge in [-0.25, -0.2) is 9.37 Å². The Hall–Kier alpha value is -3.02. The molecule has 1 N–H and O–H groups in total. The first-order valence-electron chi connectivity index (χ1n) is 7.74. The highest BCUT2D eigenvalue weighted by molar-refractivity contribution is 7.09. The van der Waals surface area contributed by atoms with Gasteiger partial charge in [-0.15, -0.1) is 0 Å². The monoisotopic (exact) mass is 370 g/mol. The fourth-order valence-corrected chi connectivity index (χ4v) is 2.78. The zero-order chi connectivity index (χ0) is 18.4. The van der Waals surface area contributed by atoms with E-state index in [1.54, 1.807) is 37.4 Å². The second-order valence-electron chi connectivity index (χ2n) is 5.24. The zero-order valence-electron chi connectivity index (χ0n) is 13.9. The molecular weight excluding hydrogens is 355 g/mol. The summed E-state index contributed by atoms with van der Waals surface area (Å²) in [6.45, 7) is 0.543. The van der Waals surface area contributed by atoms with E-state index in [4.69, 9.17) is 14.7 Å². The number of halogens is 1. The van der Waals surface area contributed by atoms with Gasteiger partial charge in [-0.3, -0.25) is 0 Å². The van der Waals surface area contributed by atoms with E-state index >= 15 is 0 Å². The van der Waals surface area contributed by atoms with Crippen molar-refractivity contribution >= 4 is 22.4 Å². The first kappa shape index (κ1) is 17.8. The Morgan fingerprint density at radius 3 is 2.85 bits per heavy atom. The normalized spacial score (nSPS) is 10.3. The molecule has 132 valence electrons. The number of aromatic nitrogens is 2. The van der Waals surface area contributed by atoms with Gasteiger partial charge in [0.2, 0.25) is 5.13 Å². The summed E-state index contributed by atoms with van der Waals surface area (Å²) in [6, 6.07) is 13.2. The molecule has 0 saturated carbocycles. The SMILES string of the molecule is COCCc1nsc(Nc2ccc(Oc3ccccc3C#N)c(F)c2)n1. The lowest BCUT2D eigenvalue weighted by Crippen LogP contribution is -1.97. The lowest BCUT2D eigenvalue weighted by molar-refractivity contribution is 0.201. The molecule has 1 aromatic heterocycles. The van der Waals surface area contributed by atoms with Crippen molar-refractivity contribution in [1.82, 2.24) is 9.36 Å². The number of para-hydroxylation sites is 1. The number of nitrogens with zero attached hydrogens (tertiary/aromatic N) is 3. The van der Waals surface area contributed by atoms with Gasteiger partial charge in [0, 0.05) is 36.8 Å². The summed E-state index contributed by atoms with van der Waals surface area (Å²) in [5, 5.41) is 12.7. The van der Waals surface area contributed by atoms with E-state index in [9.17, 15) is 4.39 Å². The third kappa shape index (κ3) is 4.33. The van der Waals surface area contributed by atoms with Crippen LogP contribution in [0.15, 0.2) is 42.5 Å². The number of methoxy groups -OCH3 is 1. The molecular formula is C18H15FN4O2S. The molecule has 1 heterocycles. The van der Waals surface area contributed by atoms with Crippen LogP contribution in [0.2, 0.25) is 0 Å². The Balaban J connectivity index is 1.71. The maximum atomic E-state index is 14.3. The molecule has 26 heavy (non-hydrogen) atoms. The van der Waals surface area contributed by atoms with Crippen LogP contribution in [0.3, 0.4) is 0 Å². The number of hydrogen-bond donors (Lipinski definition) is 1. The number of hydrogen-bond acceptors (Lipinski definition) is 7. The van der Waals surface area contributed by atoms with E-state index in [0.29, 0.717) is 41.0 Å². The summed E-state index contributed by atoms with van der Waals surface area (Å²) >= 11 is 1.19. The Bertz CT molecular complexity index is 939. The van der Waals surface area contributed by atoms with Gasteiger partial charge in [0.15, 0.2) is 11.6 Å². The molecule has 0 aliphatic rings. The van der Waals surface area contributed by atoms with Gasteiger partial charge in [0.1, 0.15) is 17.6 Å². The van der Waals surface area contributed by atoms with E-state index in [1.165, 1.54) is 23.7 Å². The van der Waals surface area contributed by atoms with Crippen LogP contribution in [0.5, 0.6) is 11.5 Å². The second kappa shape index (κ2) is 8.38. The average Bonchev–Trinajstić information content (AvgIpc) is 3.10. The largest absolute Gasteiger partial charge is 0.453 e. The zero-order valence-corrected chi connectivity index (χ0v) is 14.7. The first-order valence-corrected chi connectivity index (χ1v) is 8.52. The lowest BCUT2D eigenvalue weighted by atomic mass is 10.2. The van der Waals surface area contributed by atoms with Crippen molar-refractivity contribution in [2.75, 3.05) is 19.0 Å². The Morgan fingerprint density at radius 1 is 1.23 bits per heavy atom. The summed E-state index contributed by atoms with van der Waals surface area (Å²) in [6.07, 6.45) is 0.619. The number of ether oxygens (including phenoxy) is 2. The molecule has 0 fully saturated rings. The van der Waals surface area contributed by atoms with Crippen LogP contribution in [0.1, 0.15) is 11.4 Å². The van der Waals surface area contributed by atoms with Crippen molar-refractivity contribution in [1.29, 1.82) is 5.26 Å². The van der Waals surface area contributed by atoms with Gasteiger partial charge < -0.3 is 14.8 Å². The molecule has 0 amide bonds. The smallest absolute Gasteiger partial charge is 0.207 e. The molecule has 0 bridgehead atoms. The minimum absolute atomic E-state index is 0.0382. The number of nitriles is 1. The van der Waals surface area contributed by atoms with Crippen molar-refractivity contribution in [3.63, 3.8) is 0 Å². The molecule has 3 rings (SSSR count). The predicted octanol–water partition coefficient (Wildman–Crippen LogP) is 4.27. The van der Waals surface area contributed by atoms with E-state index in [1.807, 2.05) is 6.07 Å². The highest BCUT2D eigenvalue weighted by Crippen LogP contribution is 2.30. The third-order valence-electron chi connectivity index (χ3n) is 3.41. The van der Waals surface area contributed by atoms with Crippen LogP contribution in [-0.2, 0) is 11.2 Å². The highest BCUT2D eigenvalue weighted by atomic mass is 32.1. The Kier molecular flexibility index (Phi) is 5.73.